The Kier molecular flexibility index (Phi) is 5.22. The minimum absolute atomic E-state index is 0.00593. The third-order valence-corrected chi connectivity index (χ3v) is 3.21. The van der Waals surface area contributed by atoms with E-state index < -0.39 is 5.97 Å². The van der Waals surface area contributed by atoms with Crippen LogP contribution >= 0.6 is 11.8 Å². The number of carboxylic acids is 1. The van der Waals surface area contributed by atoms with Gasteiger partial charge in [0.2, 0.25) is 0 Å². The van der Waals surface area contributed by atoms with Crippen LogP contribution in [0, 0.1) is 5.92 Å². The SMILES string of the molecule is CSc1ccc(C(=O)C[C@H](C)CC(=O)O)cc1. The van der Waals surface area contributed by atoms with Crippen LogP contribution in [-0.4, -0.2) is 23.1 Å². The van der Waals surface area contributed by atoms with E-state index in [9.17, 15) is 9.59 Å². The molecule has 1 rings (SSSR count). The number of ketones is 1. The molecule has 17 heavy (non-hydrogen) atoms. The van der Waals surface area contributed by atoms with Gasteiger partial charge in [-0.05, 0) is 24.3 Å². The first-order valence-corrected chi connectivity index (χ1v) is 6.64. The molecule has 0 heterocycles. The van der Waals surface area contributed by atoms with Crippen molar-refractivity contribution in [3.8, 4) is 0 Å². The summed E-state index contributed by atoms with van der Waals surface area (Å²) in [6.45, 7) is 1.78. The maximum atomic E-state index is 11.8. The Bertz CT molecular complexity index is 398. The first-order valence-electron chi connectivity index (χ1n) is 5.42. The lowest BCUT2D eigenvalue weighted by Gasteiger charge is -2.07. The highest BCUT2D eigenvalue weighted by molar-refractivity contribution is 7.98. The van der Waals surface area contributed by atoms with Gasteiger partial charge < -0.3 is 5.11 Å². The summed E-state index contributed by atoms with van der Waals surface area (Å²) in [4.78, 5) is 23.4. The number of carboxylic acid groups (broad SMARTS) is 1. The fourth-order valence-corrected chi connectivity index (χ4v) is 1.99. The quantitative estimate of drug-likeness (QED) is 0.624. The molecule has 3 nitrogen and oxygen atoms in total. The van der Waals surface area contributed by atoms with Crippen molar-refractivity contribution in [1.82, 2.24) is 0 Å². The highest BCUT2D eigenvalue weighted by Gasteiger charge is 2.13. The Hall–Kier alpha value is -1.29. The zero-order valence-electron chi connectivity index (χ0n) is 9.97. The molecule has 0 fully saturated rings. The second-order valence-corrected chi connectivity index (χ2v) is 4.94. The van der Waals surface area contributed by atoms with Crippen molar-refractivity contribution in [2.75, 3.05) is 6.26 Å². The molecule has 1 aromatic carbocycles. The van der Waals surface area contributed by atoms with Crippen LogP contribution in [0.5, 0.6) is 0 Å². The molecule has 0 bridgehead atoms. The van der Waals surface area contributed by atoms with E-state index in [0.29, 0.717) is 5.56 Å². The average molecular weight is 252 g/mol. The molecule has 1 atom stereocenters. The minimum atomic E-state index is -0.858. The van der Waals surface area contributed by atoms with Gasteiger partial charge in [-0.3, -0.25) is 9.59 Å². The highest BCUT2D eigenvalue weighted by Crippen LogP contribution is 2.17. The number of thioether (sulfide) groups is 1. The standard InChI is InChI=1S/C13H16O3S/c1-9(8-13(15)16)7-12(14)10-3-5-11(17-2)6-4-10/h3-6,9H,7-8H2,1-2H3,(H,15,16)/t9-/m0/s1. The Morgan fingerprint density at radius 3 is 2.29 bits per heavy atom. The molecule has 0 saturated heterocycles. The Labute approximate surface area is 105 Å². The minimum Gasteiger partial charge on any atom is -0.481 e. The lowest BCUT2D eigenvalue weighted by atomic mass is 9.97. The van der Waals surface area contributed by atoms with Crippen LogP contribution in [0.25, 0.3) is 0 Å². The number of benzene rings is 1. The number of aliphatic carboxylic acids is 1. The second-order valence-electron chi connectivity index (χ2n) is 4.06. The van der Waals surface area contributed by atoms with E-state index in [1.807, 2.05) is 18.4 Å². The van der Waals surface area contributed by atoms with Crippen LogP contribution < -0.4 is 0 Å². The van der Waals surface area contributed by atoms with E-state index in [1.165, 1.54) is 0 Å². The molecule has 0 saturated carbocycles. The molecule has 0 aliphatic rings. The molecule has 1 aromatic rings. The molecule has 1 N–H and O–H groups in total. The van der Waals surface area contributed by atoms with E-state index in [0.717, 1.165) is 4.90 Å². The van der Waals surface area contributed by atoms with Gasteiger partial charge in [-0.2, -0.15) is 0 Å². The van der Waals surface area contributed by atoms with Gasteiger partial charge in [0.05, 0.1) is 0 Å². The summed E-state index contributed by atoms with van der Waals surface area (Å²) >= 11 is 1.62. The van der Waals surface area contributed by atoms with Crippen LogP contribution in [0.2, 0.25) is 0 Å². The number of Topliss-reactive ketones (excluding diaryl/α,β-unsaturated/α-hetero) is 1. The molecule has 0 spiro atoms. The van der Waals surface area contributed by atoms with Crippen molar-refractivity contribution < 1.29 is 14.7 Å². The van der Waals surface area contributed by atoms with Gasteiger partial charge in [0.15, 0.2) is 5.78 Å². The van der Waals surface area contributed by atoms with Crippen LogP contribution in [0.15, 0.2) is 29.2 Å². The Balaban J connectivity index is 2.60. The summed E-state index contributed by atoms with van der Waals surface area (Å²) < 4.78 is 0. The number of carbonyl (C=O) groups is 2. The molecule has 92 valence electrons. The number of rotatable bonds is 6. The average Bonchev–Trinajstić information content (AvgIpc) is 2.28. The van der Waals surface area contributed by atoms with Crippen molar-refractivity contribution in [2.24, 2.45) is 5.92 Å². The van der Waals surface area contributed by atoms with E-state index in [-0.39, 0.29) is 24.5 Å². The monoisotopic (exact) mass is 252 g/mol. The van der Waals surface area contributed by atoms with Gasteiger partial charge in [0, 0.05) is 23.3 Å². The first-order chi connectivity index (χ1) is 8.02. The summed E-state index contributed by atoms with van der Waals surface area (Å²) in [5.74, 6) is -0.977. The summed E-state index contributed by atoms with van der Waals surface area (Å²) in [6, 6.07) is 7.39. The Morgan fingerprint density at radius 1 is 1.24 bits per heavy atom. The molecular weight excluding hydrogens is 236 g/mol. The molecule has 0 amide bonds. The summed E-state index contributed by atoms with van der Waals surface area (Å²) in [6.07, 6.45) is 2.30. The van der Waals surface area contributed by atoms with E-state index in [4.69, 9.17) is 5.11 Å². The van der Waals surface area contributed by atoms with Crippen LogP contribution in [-0.2, 0) is 4.79 Å². The fourth-order valence-electron chi connectivity index (χ4n) is 1.58. The van der Waals surface area contributed by atoms with Crippen molar-refractivity contribution >= 4 is 23.5 Å². The van der Waals surface area contributed by atoms with E-state index >= 15 is 0 Å². The van der Waals surface area contributed by atoms with Gasteiger partial charge in [-0.25, -0.2) is 0 Å². The molecule has 0 unspecified atom stereocenters. The maximum absolute atomic E-state index is 11.8. The molecule has 0 aliphatic heterocycles. The van der Waals surface area contributed by atoms with Crippen LogP contribution in [0.4, 0.5) is 0 Å². The maximum Gasteiger partial charge on any atom is 0.303 e. The normalized spacial score (nSPS) is 12.1. The molecular formula is C13H16O3S. The van der Waals surface area contributed by atoms with Crippen molar-refractivity contribution in [2.45, 2.75) is 24.7 Å². The number of hydrogen-bond donors (Lipinski definition) is 1. The summed E-state index contributed by atoms with van der Waals surface area (Å²) in [7, 11) is 0. The van der Waals surface area contributed by atoms with Gasteiger partial charge in [-0.1, -0.05) is 19.1 Å². The third-order valence-electron chi connectivity index (χ3n) is 2.47. The van der Waals surface area contributed by atoms with Crippen LogP contribution in [0.3, 0.4) is 0 Å². The Morgan fingerprint density at radius 2 is 1.82 bits per heavy atom. The van der Waals surface area contributed by atoms with Crippen molar-refractivity contribution in [1.29, 1.82) is 0 Å². The molecule has 4 heteroatoms. The van der Waals surface area contributed by atoms with E-state index in [1.54, 1.807) is 30.8 Å². The molecule has 0 aromatic heterocycles. The lowest BCUT2D eigenvalue weighted by Crippen LogP contribution is -2.10. The van der Waals surface area contributed by atoms with Gasteiger partial charge >= 0.3 is 5.97 Å². The van der Waals surface area contributed by atoms with Gasteiger partial charge in [-0.15, -0.1) is 11.8 Å². The first kappa shape index (κ1) is 13.8. The summed E-state index contributed by atoms with van der Waals surface area (Å²) in [5, 5.41) is 8.62. The largest absolute Gasteiger partial charge is 0.481 e. The van der Waals surface area contributed by atoms with Crippen LogP contribution in [0.1, 0.15) is 30.1 Å². The zero-order chi connectivity index (χ0) is 12.8. The fraction of sp³-hybridized carbons (Fsp3) is 0.385. The highest BCUT2D eigenvalue weighted by atomic mass is 32.2. The second kappa shape index (κ2) is 6.45. The molecule has 0 aliphatic carbocycles. The predicted molar refractivity (Wildman–Crippen MR) is 68.6 cm³/mol. The van der Waals surface area contributed by atoms with Gasteiger partial charge in [0.1, 0.15) is 0 Å². The summed E-state index contributed by atoms with van der Waals surface area (Å²) in [5.41, 5.74) is 0.653. The lowest BCUT2D eigenvalue weighted by molar-refractivity contribution is -0.137. The zero-order valence-corrected chi connectivity index (χ0v) is 10.8. The topological polar surface area (TPSA) is 54.4 Å². The van der Waals surface area contributed by atoms with Crippen molar-refractivity contribution in [3.63, 3.8) is 0 Å². The van der Waals surface area contributed by atoms with Crippen molar-refractivity contribution in [3.05, 3.63) is 29.8 Å². The van der Waals surface area contributed by atoms with Gasteiger partial charge in [0.25, 0.3) is 0 Å². The third kappa shape index (κ3) is 4.61. The van der Waals surface area contributed by atoms with E-state index in [2.05, 4.69) is 0 Å². The number of carbonyl (C=O) groups excluding carboxylic acids is 1. The number of hydrogen-bond acceptors (Lipinski definition) is 3. The predicted octanol–water partition coefficient (Wildman–Crippen LogP) is 3.09. The molecule has 0 radical (unpaired) electrons. The smallest absolute Gasteiger partial charge is 0.303 e.